The first-order chi connectivity index (χ1) is 10.4. The van der Waals surface area contributed by atoms with Crippen LogP contribution in [0.15, 0.2) is 0 Å². The Bertz CT molecular complexity index is 512. The second kappa shape index (κ2) is 7.44. The lowest BCUT2D eigenvalue weighted by atomic mass is 9.89. The number of hydrogen-bond donors (Lipinski definition) is 1. The summed E-state index contributed by atoms with van der Waals surface area (Å²) in [5, 5.41) is 2.90. The molecule has 1 aliphatic heterocycles. The summed E-state index contributed by atoms with van der Waals surface area (Å²) >= 11 is 0. The molecular formula is C15H26N2O4S. The molecule has 1 saturated heterocycles. The van der Waals surface area contributed by atoms with E-state index in [1.54, 1.807) is 4.90 Å². The summed E-state index contributed by atoms with van der Waals surface area (Å²) in [6, 6.07) is -0.242. The zero-order valence-corrected chi connectivity index (χ0v) is 14.0. The number of nitrogens with zero attached hydrogens (tertiary/aromatic N) is 1. The van der Waals surface area contributed by atoms with Crippen molar-refractivity contribution < 1.29 is 18.0 Å². The molecule has 1 aliphatic carbocycles. The van der Waals surface area contributed by atoms with Gasteiger partial charge < -0.3 is 10.2 Å². The van der Waals surface area contributed by atoms with Crippen LogP contribution in [0.25, 0.3) is 0 Å². The van der Waals surface area contributed by atoms with E-state index >= 15 is 0 Å². The van der Waals surface area contributed by atoms with Crippen molar-refractivity contribution in [3.63, 3.8) is 0 Å². The maximum atomic E-state index is 12.1. The number of sulfone groups is 1. The Balaban J connectivity index is 1.79. The fraction of sp³-hybridized carbons (Fsp3) is 0.867. The molecule has 6 nitrogen and oxygen atoms in total. The topological polar surface area (TPSA) is 83.6 Å². The number of amides is 2. The molecule has 0 aromatic heterocycles. The second-order valence-electron chi connectivity index (χ2n) is 6.40. The molecule has 2 fully saturated rings. The normalized spacial score (nSPS) is 24.9. The summed E-state index contributed by atoms with van der Waals surface area (Å²) in [7, 11) is -3.01. The number of carbonyl (C=O) groups excluding carboxylic acids is 2. The first-order valence-electron chi connectivity index (χ1n) is 8.14. The molecule has 1 heterocycles. The van der Waals surface area contributed by atoms with E-state index in [9.17, 15) is 18.0 Å². The molecule has 1 N–H and O–H groups in total. The molecule has 7 heteroatoms. The van der Waals surface area contributed by atoms with Crippen LogP contribution in [-0.4, -0.2) is 55.8 Å². The summed E-state index contributed by atoms with van der Waals surface area (Å²) in [6.07, 6.45) is 5.82. The number of rotatable bonds is 5. The van der Waals surface area contributed by atoms with Gasteiger partial charge in [-0.3, -0.25) is 9.59 Å². The van der Waals surface area contributed by atoms with Gasteiger partial charge in [-0.2, -0.15) is 0 Å². The van der Waals surface area contributed by atoms with Gasteiger partial charge >= 0.3 is 0 Å². The Hall–Kier alpha value is -1.11. The van der Waals surface area contributed by atoms with Gasteiger partial charge in [0, 0.05) is 32.0 Å². The molecule has 2 amide bonds. The molecule has 22 heavy (non-hydrogen) atoms. The summed E-state index contributed by atoms with van der Waals surface area (Å²) in [5.41, 5.74) is 0. The van der Waals surface area contributed by atoms with E-state index in [-0.39, 0.29) is 35.3 Å². The van der Waals surface area contributed by atoms with E-state index in [0.29, 0.717) is 19.5 Å². The van der Waals surface area contributed by atoms with E-state index in [2.05, 4.69) is 5.32 Å². The first-order valence-corrected chi connectivity index (χ1v) is 9.96. The quantitative estimate of drug-likeness (QED) is 0.805. The average Bonchev–Trinajstić information content (AvgIpc) is 2.83. The van der Waals surface area contributed by atoms with Gasteiger partial charge in [-0.15, -0.1) is 0 Å². The molecule has 1 unspecified atom stereocenters. The van der Waals surface area contributed by atoms with Crippen LogP contribution in [0.1, 0.15) is 45.4 Å². The van der Waals surface area contributed by atoms with Gasteiger partial charge in [-0.25, -0.2) is 8.42 Å². The molecule has 0 aromatic rings. The first kappa shape index (κ1) is 17.2. The summed E-state index contributed by atoms with van der Waals surface area (Å²) < 4.78 is 23.1. The molecule has 0 spiro atoms. The van der Waals surface area contributed by atoms with Gasteiger partial charge in [0.1, 0.15) is 0 Å². The molecular weight excluding hydrogens is 304 g/mol. The SMILES string of the molecule is CC(=O)N(CCNC(=O)C1CCCCC1)C1CCS(=O)(=O)C1. The van der Waals surface area contributed by atoms with Crippen molar-refractivity contribution in [1.29, 1.82) is 0 Å². The Kier molecular flexibility index (Phi) is 5.83. The predicted octanol–water partition coefficient (Wildman–Crippen LogP) is 0.719. The van der Waals surface area contributed by atoms with Crippen molar-refractivity contribution >= 4 is 21.7 Å². The van der Waals surface area contributed by atoms with Gasteiger partial charge in [0.05, 0.1) is 11.5 Å². The Morgan fingerprint density at radius 2 is 1.82 bits per heavy atom. The van der Waals surface area contributed by atoms with E-state index in [4.69, 9.17) is 0 Å². The molecule has 0 aromatic carbocycles. The lowest BCUT2D eigenvalue weighted by Gasteiger charge is -2.28. The van der Waals surface area contributed by atoms with Gasteiger partial charge in [0.2, 0.25) is 11.8 Å². The maximum absolute atomic E-state index is 12.1. The van der Waals surface area contributed by atoms with Gasteiger partial charge in [-0.05, 0) is 19.3 Å². The third kappa shape index (κ3) is 4.69. The van der Waals surface area contributed by atoms with Crippen LogP contribution in [0, 0.1) is 5.92 Å². The van der Waals surface area contributed by atoms with Crippen LogP contribution in [0.5, 0.6) is 0 Å². The zero-order valence-electron chi connectivity index (χ0n) is 13.2. The molecule has 2 rings (SSSR count). The van der Waals surface area contributed by atoms with Crippen LogP contribution in [0.3, 0.4) is 0 Å². The molecule has 1 saturated carbocycles. The highest BCUT2D eigenvalue weighted by Crippen LogP contribution is 2.23. The van der Waals surface area contributed by atoms with Crippen molar-refractivity contribution in [2.75, 3.05) is 24.6 Å². The van der Waals surface area contributed by atoms with Crippen molar-refractivity contribution in [2.45, 2.75) is 51.5 Å². The number of nitrogens with one attached hydrogen (secondary N) is 1. The monoisotopic (exact) mass is 330 g/mol. The minimum absolute atomic E-state index is 0.0448. The lowest BCUT2D eigenvalue weighted by molar-refractivity contribution is -0.131. The second-order valence-corrected chi connectivity index (χ2v) is 8.62. The molecule has 1 atom stereocenters. The molecule has 0 radical (unpaired) electrons. The predicted molar refractivity (Wildman–Crippen MR) is 84.0 cm³/mol. The average molecular weight is 330 g/mol. The number of hydrogen-bond acceptors (Lipinski definition) is 4. The van der Waals surface area contributed by atoms with Crippen molar-refractivity contribution in [2.24, 2.45) is 5.92 Å². The molecule has 126 valence electrons. The standard InChI is InChI=1S/C15H26N2O4S/c1-12(18)17(14-7-10-22(20,21)11-14)9-8-16-15(19)13-5-3-2-4-6-13/h13-14H,2-11H2,1H3,(H,16,19). The summed E-state index contributed by atoms with van der Waals surface area (Å²) in [6.45, 7) is 2.23. The fourth-order valence-electron chi connectivity index (χ4n) is 3.43. The van der Waals surface area contributed by atoms with Crippen molar-refractivity contribution in [3.05, 3.63) is 0 Å². The third-order valence-electron chi connectivity index (χ3n) is 4.68. The third-order valence-corrected chi connectivity index (χ3v) is 6.43. The highest BCUT2D eigenvalue weighted by atomic mass is 32.2. The molecule has 0 bridgehead atoms. The summed E-state index contributed by atoms with van der Waals surface area (Å²) in [5.74, 6) is 0.238. The van der Waals surface area contributed by atoms with Crippen LogP contribution in [0.4, 0.5) is 0 Å². The van der Waals surface area contributed by atoms with Crippen molar-refractivity contribution in [3.8, 4) is 0 Å². The zero-order chi connectivity index (χ0) is 16.2. The van der Waals surface area contributed by atoms with Gasteiger partial charge in [0.15, 0.2) is 9.84 Å². The number of carbonyl (C=O) groups is 2. The highest BCUT2D eigenvalue weighted by Gasteiger charge is 2.33. The van der Waals surface area contributed by atoms with Crippen LogP contribution in [0.2, 0.25) is 0 Å². The minimum Gasteiger partial charge on any atom is -0.354 e. The van der Waals surface area contributed by atoms with Gasteiger partial charge in [0.25, 0.3) is 0 Å². The van der Waals surface area contributed by atoms with Crippen LogP contribution >= 0.6 is 0 Å². The van der Waals surface area contributed by atoms with Gasteiger partial charge in [-0.1, -0.05) is 19.3 Å². The molecule has 2 aliphatic rings. The lowest BCUT2D eigenvalue weighted by Crippen LogP contribution is -2.45. The van der Waals surface area contributed by atoms with Crippen LogP contribution in [-0.2, 0) is 19.4 Å². The van der Waals surface area contributed by atoms with Crippen LogP contribution < -0.4 is 5.32 Å². The Morgan fingerprint density at radius 3 is 2.36 bits per heavy atom. The van der Waals surface area contributed by atoms with Crippen molar-refractivity contribution in [1.82, 2.24) is 10.2 Å². The highest BCUT2D eigenvalue weighted by molar-refractivity contribution is 7.91. The maximum Gasteiger partial charge on any atom is 0.223 e. The van der Waals surface area contributed by atoms with E-state index in [0.717, 1.165) is 25.7 Å². The minimum atomic E-state index is -3.01. The van der Waals surface area contributed by atoms with E-state index in [1.165, 1.54) is 13.3 Å². The smallest absolute Gasteiger partial charge is 0.223 e. The Morgan fingerprint density at radius 1 is 1.14 bits per heavy atom. The van der Waals surface area contributed by atoms with E-state index in [1.807, 2.05) is 0 Å². The van der Waals surface area contributed by atoms with E-state index < -0.39 is 9.84 Å². The fourth-order valence-corrected chi connectivity index (χ4v) is 5.16. The Labute approximate surface area is 132 Å². The summed E-state index contributed by atoms with van der Waals surface area (Å²) in [4.78, 5) is 25.4. The largest absolute Gasteiger partial charge is 0.354 e.